The average Bonchev–Trinajstić information content (AvgIpc) is 2.91. The molecule has 0 radical (unpaired) electrons. The smallest absolute Gasteiger partial charge is 0.337 e. The molecule has 0 N–H and O–H groups in total. The summed E-state index contributed by atoms with van der Waals surface area (Å²) in [6, 6.07) is 17.2. The second-order valence-corrected chi connectivity index (χ2v) is 11.1. The number of halogens is 3. The fourth-order valence-corrected chi connectivity index (χ4v) is 5.89. The number of esters is 1. The number of hydrogen-bond donors (Lipinski definition) is 0. The molecule has 1 saturated heterocycles. The summed E-state index contributed by atoms with van der Waals surface area (Å²) >= 11 is 6.06. The maximum atomic E-state index is 14.2. The molecular weight excluding hydrogens is 538 g/mol. The molecule has 1 aliphatic heterocycles. The van der Waals surface area contributed by atoms with Gasteiger partial charge < -0.3 is 9.47 Å². The van der Waals surface area contributed by atoms with E-state index in [0.717, 1.165) is 33.6 Å². The van der Waals surface area contributed by atoms with E-state index in [1.807, 2.05) is 17.0 Å². The van der Waals surface area contributed by atoms with E-state index in [1.54, 1.807) is 36.4 Å². The summed E-state index contributed by atoms with van der Waals surface area (Å²) in [5, 5.41) is 0.588. The summed E-state index contributed by atoms with van der Waals surface area (Å²) in [5.74, 6) is -2.64. The quantitative estimate of drug-likeness (QED) is 0.352. The van der Waals surface area contributed by atoms with Crippen LogP contribution in [0.15, 0.2) is 71.6 Å². The third kappa shape index (κ3) is 6.57. The molecule has 202 valence electrons. The topological polar surface area (TPSA) is 76.2 Å². The Bertz CT molecular complexity index is 1340. The van der Waals surface area contributed by atoms with Crippen LogP contribution in [0.1, 0.15) is 27.6 Å². The van der Waals surface area contributed by atoms with Crippen LogP contribution in [0.25, 0.3) is 0 Å². The average molecular weight is 565 g/mol. The van der Waals surface area contributed by atoms with E-state index in [4.69, 9.17) is 21.1 Å². The molecule has 1 heterocycles. The largest absolute Gasteiger partial charge is 0.465 e. The van der Waals surface area contributed by atoms with Crippen molar-refractivity contribution in [2.75, 3.05) is 39.8 Å². The van der Waals surface area contributed by atoms with Crippen molar-refractivity contribution < 1.29 is 31.5 Å². The number of carbonyl (C=O) groups excluding carboxylic acids is 1. The molecule has 1 aliphatic rings. The molecule has 0 bridgehead atoms. The molecule has 0 saturated carbocycles. The Morgan fingerprint density at radius 1 is 0.947 bits per heavy atom. The number of sulfonamides is 1. The van der Waals surface area contributed by atoms with Crippen molar-refractivity contribution in [3.05, 3.63) is 100 Å². The van der Waals surface area contributed by atoms with Gasteiger partial charge in [0, 0.05) is 37.7 Å². The number of hydrogen-bond acceptors (Lipinski definition) is 6. The Kier molecular flexibility index (Phi) is 9.11. The van der Waals surface area contributed by atoms with E-state index in [9.17, 15) is 22.0 Å². The van der Waals surface area contributed by atoms with Gasteiger partial charge in [-0.2, -0.15) is 4.31 Å². The van der Waals surface area contributed by atoms with Crippen molar-refractivity contribution in [3.63, 3.8) is 0 Å². The van der Waals surface area contributed by atoms with Gasteiger partial charge in [0.2, 0.25) is 10.0 Å². The van der Waals surface area contributed by atoms with Crippen molar-refractivity contribution in [2.45, 2.75) is 17.6 Å². The van der Waals surface area contributed by atoms with E-state index in [1.165, 1.54) is 7.11 Å². The Morgan fingerprint density at radius 2 is 1.55 bits per heavy atom. The molecule has 7 nitrogen and oxygen atoms in total. The molecule has 0 spiro atoms. The summed E-state index contributed by atoms with van der Waals surface area (Å²) < 4.78 is 66.2. The van der Waals surface area contributed by atoms with E-state index >= 15 is 0 Å². The maximum Gasteiger partial charge on any atom is 0.337 e. The summed E-state index contributed by atoms with van der Waals surface area (Å²) in [6.45, 7) is 1.61. The van der Waals surface area contributed by atoms with Gasteiger partial charge in [-0.3, -0.25) is 4.90 Å². The predicted molar refractivity (Wildman–Crippen MR) is 138 cm³/mol. The lowest BCUT2D eigenvalue weighted by Crippen LogP contribution is -2.49. The van der Waals surface area contributed by atoms with Gasteiger partial charge in [-0.15, -0.1) is 0 Å². The first-order valence-electron chi connectivity index (χ1n) is 11.9. The van der Waals surface area contributed by atoms with Gasteiger partial charge in [-0.1, -0.05) is 41.9 Å². The molecular formula is C27H27ClF2N2O5S. The molecule has 0 amide bonds. The van der Waals surface area contributed by atoms with Crippen LogP contribution in [0.4, 0.5) is 8.78 Å². The molecule has 11 heteroatoms. The molecule has 0 aromatic heterocycles. The lowest BCUT2D eigenvalue weighted by atomic mass is 10.1. The molecule has 0 unspecified atom stereocenters. The number of nitrogens with zero attached hydrogens (tertiary/aromatic N) is 2. The zero-order chi connectivity index (χ0) is 27.3. The summed E-state index contributed by atoms with van der Waals surface area (Å²) in [7, 11) is -2.99. The zero-order valence-electron chi connectivity index (χ0n) is 20.6. The zero-order valence-corrected chi connectivity index (χ0v) is 22.2. The van der Waals surface area contributed by atoms with Crippen molar-refractivity contribution in [3.8, 4) is 0 Å². The highest BCUT2D eigenvalue weighted by molar-refractivity contribution is 7.89. The predicted octanol–water partition coefficient (Wildman–Crippen LogP) is 4.67. The van der Waals surface area contributed by atoms with Crippen LogP contribution in [0.2, 0.25) is 5.02 Å². The Balaban J connectivity index is 1.43. The van der Waals surface area contributed by atoms with Crippen LogP contribution < -0.4 is 0 Å². The first-order valence-corrected chi connectivity index (χ1v) is 13.7. The van der Waals surface area contributed by atoms with Crippen LogP contribution in [0.3, 0.4) is 0 Å². The van der Waals surface area contributed by atoms with Crippen molar-refractivity contribution in [1.82, 2.24) is 9.21 Å². The minimum Gasteiger partial charge on any atom is -0.465 e. The van der Waals surface area contributed by atoms with Gasteiger partial charge in [-0.25, -0.2) is 22.0 Å². The first kappa shape index (κ1) is 28.1. The molecule has 4 rings (SSSR count). The maximum absolute atomic E-state index is 14.2. The summed E-state index contributed by atoms with van der Waals surface area (Å²) in [5.41, 5.74) is 2.19. The van der Waals surface area contributed by atoms with E-state index in [-0.39, 0.29) is 25.8 Å². The van der Waals surface area contributed by atoms with E-state index in [0.29, 0.717) is 30.2 Å². The normalized spacial score (nSPS) is 15.8. The number of rotatable bonds is 9. The van der Waals surface area contributed by atoms with Crippen LogP contribution in [0, 0.1) is 11.6 Å². The number of ether oxygens (including phenoxy) is 2. The molecule has 0 aliphatic carbocycles. The molecule has 1 atom stereocenters. The Morgan fingerprint density at radius 3 is 2.13 bits per heavy atom. The third-order valence-electron chi connectivity index (χ3n) is 6.34. The highest BCUT2D eigenvalue weighted by Crippen LogP contribution is 2.26. The minimum atomic E-state index is -4.31. The first-order chi connectivity index (χ1) is 18.2. The standard InChI is InChI=1S/C27H27ClF2N2O5S/c1-36-27(33)21-7-5-19(6-8-21)18-37-25(20-9-11-22(28)12-10-20)17-31-13-15-32(16-14-31)38(34,35)26-23(29)3-2-4-24(26)30/h2-12,25H,13-18H2,1H3/t25-/m1/s1. The second kappa shape index (κ2) is 12.3. The molecule has 1 fully saturated rings. The lowest BCUT2D eigenvalue weighted by molar-refractivity contribution is 0.00769. The highest BCUT2D eigenvalue weighted by Gasteiger charge is 2.33. The lowest BCUT2D eigenvalue weighted by Gasteiger charge is -2.36. The van der Waals surface area contributed by atoms with Gasteiger partial charge >= 0.3 is 5.97 Å². The fourth-order valence-electron chi connectivity index (χ4n) is 4.23. The number of carbonyl (C=O) groups is 1. The SMILES string of the molecule is COC(=O)c1ccc(CO[C@H](CN2CCN(S(=O)(=O)c3c(F)cccc3F)CC2)c2ccc(Cl)cc2)cc1. The van der Waals surface area contributed by atoms with Crippen molar-refractivity contribution in [2.24, 2.45) is 0 Å². The number of piperazine rings is 1. The van der Waals surface area contributed by atoms with Crippen molar-refractivity contribution in [1.29, 1.82) is 0 Å². The van der Waals surface area contributed by atoms with Gasteiger partial charge in [-0.05, 0) is 47.5 Å². The van der Waals surface area contributed by atoms with Gasteiger partial charge in [0.25, 0.3) is 0 Å². The van der Waals surface area contributed by atoms with Gasteiger partial charge in [0.05, 0.1) is 25.4 Å². The molecule has 3 aromatic rings. The van der Waals surface area contributed by atoms with Gasteiger partial charge in [0.1, 0.15) is 11.6 Å². The Labute approximate surface area is 225 Å². The van der Waals surface area contributed by atoms with E-state index < -0.39 is 32.5 Å². The van der Waals surface area contributed by atoms with Crippen LogP contribution in [0.5, 0.6) is 0 Å². The molecule has 38 heavy (non-hydrogen) atoms. The number of methoxy groups -OCH3 is 1. The fraction of sp³-hybridized carbons (Fsp3) is 0.296. The highest BCUT2D eigenvalue weighted by atomic mass is 35.5. The van der Waals surface area contributed by atoms with E-state index in [2.05, 4.69) is 0 Å². The van der Waals surface area contributed by atoms with Crippen molar-refractivity contribution >= 4 is 27.6 Å². The second-order valence-electron chi connectivity index (χ2n) is 8.80. The summed E-state index contributed by atoms with van der Waals surface area (Å²) in [6.07, 6.45) is -0.361. The van der Waals surface area contributed by atoms with Crippen LogP contribution >= 0.6 is 11.6 Å². The van der Waals surface area contributed by atoms with Crippen LogP contribution in [-0.2, 0) is 26.1 Å². The van der Waals surface area contributed by atoms with Crippen LogP contribution in [-0.4, -0.2) is 63.4 Å². The Hall–Kier alpha value is -2.89. The summed E-state index contributed by atoms with van der Waals surface area (Å²) in [4.78, 5) is 12.8. The number of benzene rings is 3. The third-order valence-corrected chi connectivity index (χ3v) is 8.54. The van der Waals surface area contributed by atoms with Gasteiger partial charge in [0.15, 0.2) is 4.90 Å². The molecule has 3 aromatic carbocycles. The monoisotopic (exact) mass is 564 g/mol. The minimum absolute atomic E-state index is 0.0818.